The van der Waals surface area contributed by atoms with Gasteiger partial charge in [0.05, 0.1) is 29.2 Å². The highest BCUT2D eigenvalue weighted by Gasteiger charge is 2.54. The van der Waals surface area contributed by atoms with Crippen molar-refractivity contribution in [2.24, 2.45) is 0 Å². The van der Waals surface area contributed by atoms with Crippen molar-refractivity contribution in [3.63, 3.8) is 0 Å². The molecule has 5 aliphatic heterocycles. The van der Waals surface area contributed by atoms with E-state index in [1.54, 1.807) is 18.2 Å². The molecule has 2 aromatic carbocycles. The highest BCUT2D eigenvalue weighted by Crippen LogP contribution is 2.49. The first kappa shape index (κ1) is 45.2. The summed E-state index contributed by atoms with van der Waals surface area (Å²) in [5, 5.41) is 1.34. The monoisotopic (exact) mass is 912 g/mol. The minimum atomic E-state index is -2.33. The Kier molecular flexibility index (Phi) is 11.4. The second kappa shape index (κ2) is 16.4. The second-order valence-electron chi connectivity index (χ2n) is 20.8. The summed E-state index contributed by atoms with van der Waals surface area (Å²) in [5.41, 5.74) is 3.57. The van der Waals surface area contributed by atoms with E-state index in [4.69, 9.17) is 29.2 Å². The Morgan fingerprint density at radius 1 is 1.00 bits per heavy atom. The van der Waals surface area contributed by atoms with Crippen molar-refractivity contribution in [2.75, 3.05) is 31.1 Å². The van der Waals surface area contributed by atoms with Crippen LogP contribution in [0.1, 0.15) is 107 Å². The number of amides is 1. The minimum Gasteiger partial charge on any atom is -0.472 e. The van der Waals surface area contributed by atoms with Crippen LogP contribution in [0.15, 0.2) is 42.0 Å². The average molecular weight is 913 g/mol. The second-order valence-corrected chi connectivity index (χ2v) is 26.4. The van der Waals surface area contributed by atoms with E-state index in [-0.39, 0.29) is 71.3 Å². The third kappa shape index (κ3) is 7.50. The first-order valence-electron chi connectivity index (χ1n) is 23.3. The summed E-state index contributed by atoms with van der Waals surface area (Å²) in [6.07, 6.45) is 0.373. The van der Waals surface area contributed by atoms with Crippen LogP contribution in [0.25, 0.3) is 32.9 Å². The largest absolute Gasteiger partial charge is 0.472 e. The van der Waals surface area contributed by atoms with Crippen LogP contribution in [0.5, 0.6) is 11.9 Å². The van der Waals surface area contributed by atoms with Gasteiger partial charge in [-0.25, -0.2) is 18.6 Å². The molecule has 10 nitrogen and oxygen atoms in total. The van der Waals surface area contributed by atoms with E-state index in [1.165, 1.54) is 6.07 Å². The number of nitrogens with zero attached hydrogens (tertiary/aromatic N) is 6. The summed E-state index contributed by atoms with van der Waals surface area (Å²) in [7, 11) is -2.33. The lowest BCUT2D eigenvalue weighted by Gasteiger charge is -2.48. The maximum Gasteiger partial charge on any atom is 0.410 e. The van der Waals surface area contributed by atoms with Crippen molar-refractivity contribution >= 4 is 41.7 Å². The van der Waals surface area contributed by atoms with E-state index in [9.17, 15) is 13.6 Å². The summed E-state index contributed by atoms with van der Waals surface area (Å²) in [5.74, 6) is 2.49. The standard InChI is InChI=1S/C50H60F4N6O4Si/c1-27(2)65(28(3)4,29(5)6)22-19-34-36(51)17-15-31-13-11-14-35(38(31)34)41-40(52)42-39-45(57-47(56-42)62-26-50-20-12-21-58(50)24-32(23-50)44(53)54)59-25-33-16-18-37(43(59)30(7)63-46(39)55-41)60(33)48(61)64-49(8,9)10/h11,13-15,17,27-30,33,37,43H,12,16,18,20-21,23-26H2,1-10H3/t30-,33+,37-,43+,50?/m0/s1. The van der Waals surface area contributed by atoms with Crippen molar-refractivity contribution in [3.8, 4) is 34.6 Å². The Morgan fingerprint density at radius 2 is 1.74 bits per heavy atom. The molecule has 5 atom stereocenters. The van der Waals surface area contributed by atoms with Crippen molar-refractivity contribution in [2.45, 2.75) is 153 Å². The van der Waals surface area contributed by atoms with Crippen LogP contribution < -0.4 is 14.4 Å². The molecule has 5 aliphatic rings. The molecule has 0 saturated carbocycles. The summed E-state index contributed by atoms with van der Waals surface area (Å²) < 4.78 is 81.5. The van der Waals surface area contributed by atoms with E-state index in [2.05, 4.69) is 57.9 Å². The Balaban J connectivity index is 1.23. The van der Waals surface area contributed by atoms with Gasteiger partial charge in [0.2, 0.25) is 5.88 Å². The molecule has 0 aliphatic carbocycles. The molecule has 7 heterocycles. The van der Waals surface area contributed by atoms with Crippen molar-refractivity contribution in [3.05, 3.63) is 59.2 Å². The van der Waals surface area contributed by atoms with Gasteiger partial charge >= 0.3 is 12.1 Å². The number of halogens is 4. The van der Waals surface area contributed by atoms with Gasteiger partial charge < -0.3 is 19.1 Å². The van der Waals surface area contributed by atoms with Gasteiger partial charge in [0.25, 0.3) is 6.08 Å². The maximum atomic E-state index is 18.0. The number of benzene rings is 2. The Morgan fingerprint density at radius 3 is 2.43 bits per heavy atom. The number of carbonyl (C=O) groups is 1. The third-order valence-corrected chi connectivity index (χ3v) is 21.3. The smallest absolute Gasteiger partial charge is 0.410 e. The Bertz CT molecular complexity index is 2650. The molecule has 4 saturated heterocycles. The molecule has 0 radical (unpaired) electrons. The maximum absolute atomic E-state index is 18.0. The number of ether oxygens (including phenoxy) is 3. The zero-order chi connectivity index (χ0) is 46.5. The number of rotatable bonds is 7. The summed E-state index contributed by atoms with van der Waals surface area (Å²) in [6, 6.07) is 7.31. The first-order chi connectivity index (χ1) is 30.7. The molecule has 15 heteroatoms. The SMILES string of the molecule is CC(C)[Si](C#Cc1c(F)ccc2cccc(-c3nc4c5c(nc(OCC67CCCN6CC(=C(F)F)C7)nc5c3F)N3C[C@H]5CC[C@@H]([C@H]3[C@H](C)O4)N5C(=O)OC(C)(C)C)c12)(C(C)C)C(C)C. The van der Waals surface area contributed by atoms with Crippen molar-refractivity contribution in [1.82, 2.24) is 24.8 Å². The van der Waals surface area contributed by atoms with E-state index in [0.29, 0.717) is 64.7 Å². The summed E-state index contributed by atoms with van der Waals surface area (Å²) >= 11 is 0. The van der Waals surface area contributed by atoms with Crippen LogP contribution in [0, 0.1) is 23.1 Å². The lowest BCUT2D eigenvalue weighted by molar-refractivity contribution is 0.000932. The van der Waals surface area contributed by atoms with Crippen LogP contribution >= 0.6 is 0 Å². The number of piperazine rings is 1. The molecule has 4 aromatic rings. The highest BCUT2D eigenvalue weighted by atomic mass is 28.3. The van der Waals surface area contributed by atoms with Crippen molar-refractivity contribution in [1.29, 1.82) is 0 Å². The number of carbonyl (C=O) groups excluding carboxylic acids is 1. The summed E-state index contributed by atoms with van der Waals surface area (Å²) in [6.45, 7) is 21.8. The lowest BCUT2D eigenvalue weighted by Crippen LogP contribution is -2.65. The molecule has 1 unspecified atom stereocenters. The van der Waals surface area contributed by atoms with Crippen LogP contribution in [0.2, 0.25) is 16.6 Å². The Labute approximate surface area is 380 Å². The quantitative estimate of drug-likeness (QED) is 0.102. The predicted octanol–water partition coefficient (Wildman–Crippen LogP) is 11.2. The van der Waals surface area contributed by atoms with Gasteiger partial charge in [0.1, 0.15) is 54.6 Å². The molecular formula is C50H60F4N6O4Si. The lowest BCUT2D eigenvalue weighted by atomic mass is 9.94. The van der Waals surface area contributed by atoms with Gasteiger partial charge in [-0.1, -0.05) is 71.7 Å². The first-order valence-corrected chi connectivity index (χ1v) is 25.5. The fourth-order valence-corrected chi connectivity index (χ4v) is 17.4. The molecule has 65 heavy (non-hydrogen) atoms. The van der Waals surface area contributed by atoms with Gasteiger partial charge in [-0.05, 0) is 94.4 Å². The zero-order valence-corrected chi connectivity index (χ0v) is 40.1. The van der Waals surface area contributed by atoms with E-state index in [0.717, 1.165) is 12.8 Å². The van der Waals surface area contributed by atoms with E-state index in [1.807, 2.05) is 43.6 Å². The Hall–Kier alpha value is -4.94. The number of fused-ring (bicyclic) bond motifs is 7. The van der Waals surface area contributed by atoms with E-state index < -0.39 is 55.2 Å². The van der Waals surface area contributed by atoms with Crippen LogP contribution in [0.3, 0.4) is 0 Å². The molecule has 1 amide bonds. The zero-order valence-electron chi connectivity index (χ0n) is 39.1. The van der Waals surface area contributed by atoms with Crippen molar-refractivity contribution < 1.29 is 36.6 Å². The topological polar surface area (TPSA) is 93.2 Å². The van der Waals surface area contributed by atoms with Crippen LogP contribution in [0.4, 0.5) is 28.2 Å². The molecule has 0 spiro atoms. The molecule has 0 N–H and O–H groups in total. The minimum absolute atomic E-state index is 0.0215. The number of aromatic nitrogens is 3. The van der Waals surface area contributed by atoms with Gasteiger partial charge in [-0.15, -0.1) is 5.54 Å². The molecule has 9 rings (SSSR count). The normalized spacial score (nSPS) is 24.1. The number of pyridine rings is 1. The van der Waals surface area contributed by atoms with Crippen LogP contribution in [-0.4, -0.2) is 101 Å². The van der Waals surface area contributed by atoms with Gasteiger partial charge in [-0.2, -0.15) is 18.7 Å². The fourth-order valence-electron chi connectivity index (χ4n) is 12.2. The third-order valence-electron chi connectivity index (χ3n) is 15.0. The van der Waals surface area contributed by atoms with Crippen LogP contribution in [-0.2, 0) is 4.74 Å². The molecule has 2 bridgehead atoms. The van der Waals surface area contributed by atoms with Gasteiger partial charge in [0, 0.05) is 29.6 Å². The molecule has 4 fully saturated rings. The van der Waals surface area contributed by atoms with E-state index >= 15 is 8.78 Å². The molecule has 346 valence electrons. The molecular weight excluding hydrogens is 853 g/mol. The number of hydrogen-bond acceptors (Lipinski definition) is 9. The van der Waals surface area contributed by atoms with Gasteiger partial charge in [0.15, 0.2) is 5.82 Å². The molecule has 2 aromatic heterocycles. The average Bonchev–Trinajstić information content (AvgIpc) is 3.87. The highest BCUT2D eigenvalue weighted by molar-refractivity contribution is 6.90. The number of anilines is 1. The summed E-state index contributed by atoms with van der Waals surface area (Å²) in [4.78, 5) is 34.5. The van der Waals surface area contributed by atoms with Gasteiger partial charge in [-0.3, -0.25) is 9.80 Å². The number of hydrogen-bond donors (Lipinski definition) is 0. The predicted molar refractivity (Wildman–Crippen MR) is 247 cm³/mol. The fraction of sp³-hybridized carbons (Fsp3) is 0.560.